The van der Waals surface area contributed by atoms with Gasteiger partial charge in [0.25, 0.3) is 0 Å². The van der Waals surface area contributed by atoms with Crippen LogP contribution in [0.5, 0.6) is 0 Å². The fourth-order valence-corrected chi connectivity index (χ4v) is 2.21. The van der Waals surface area contributed by atoms with Crippen molar-refractivity contribution < 1.29 is 14.7 Å². The molecule has 2 aromatic rings. The molecule has 0 spiro atoms. The Hall–Kier alpha value is -2.70. The van der Waals surface area contributed by atoms with Gasteiger partial charge in [0.2, 0.25) is 5.91 Å². The number of aromatic carboxylic acids is 1. The average molecular weight is 272 g/mol. The number of rotatable bonds is 3. The van der Waals surface area contributed by atoms with Gasteiger partial charge in [0, 0.05) is 18.4 Å². The number of aromatic nitrogens is 2. The van der Waals surface area contributed by atoms with Crippen molar-refractivity contribution in [1.82, 2.24) is 15.3 Å². The molecule has 7 nitrogen and oxygen atoms in total. The Kier molecular flexibility index (Phi) is 2.94. The first-order valence-electron chi connectivity index (χ1n) is 6.15. The van der Waals surface area contributed by atoms with Gasteiger partial charge in [-0.15, -0.1) is 0 Å². The van der Waals surface area contributed by atoms with Gasteiger partial charge in [-0.25, -0.2) is 14.8 Å². The Bertz CT molecular complexity index is 701. The molecule has 0 saturated carbocycles. The molecular weight excluding hydrogens is 260 g/mol. The molecule has 1 atom stereocenters. The van der Waals surface area contributed by atoms with E-state index in [-0.39, 0.29) is 17.5 Å². The van der Waals surface area contributed by atoms with Crippen LogP contribution in [0, 0.1) is 0 Å². The molecular formula is C13H12N4O3. The summed E-state index contributed by atoms with van der Waals surface area (Å²) in [7, 11) is 0. The molecule has 1 aromatic heterocycles. The van der Waals surface area contributed by atoms with Gasteiger partial charge in [0.15, 0.2) is 0 Å². The maximum absolute atomic E-state index is 11.2. The Morgan fingerprint density at radius 2 is 2.25 bits per heavy atom. The molecule has 7 heteroatoms. The SMILES string of the molecule is O=C1CC(Nc2ncnc3cc(C(=O)O)ccc23)CN1. The standard InChI is InChI=1S/C13H12N4O3/c18-11-4-8(5-14-11)17-12-9-2-1-7(13(19)20)3-10(9)15-6-16-12/h1-3,6,8H,4-5H2,(H,14,18)(H,19,20)(H,15,16,17). The van der Waals surface area contributed by atoms with Gasteiger partial charge >= 0.3 is 5.97 Å². The second kappa shape index (κ2) is 4.76. The van der Waals surface area contributed by atoms with Crippen LogP contribution >= 0.6 is 0 Å². The first-order chi connectivity index (χ1) is 9.63. The summed E-state index contributed by atoms with van der Waals surface area (Å²) in [5, 5.41) is 15.6. The number of carboxylic acid groups (broad SMARTS) is 1. The lowest BCUT2D eigenvalue weighted by molar-refractivity contribution is -0.119. The van der Waals surface area contributed by atoms with Gasteiger partial charge < -0.3 is 15.7 Å². The Morgan fingerprint density at radius 3 is 2.95 bits per heavy atom. The molecule has 1 aliphatic rings. The van der Waals surface area contributed by atoms with Crippen molar-refractivity contribution in [3.63, 3.8) is 0 Å². The van der Waals surface area contributed by atoms with E-state index in [9.17, 15) is 9.59 Å². The Morgan fingerprint density at radius 1 is 1.40 bits per heavy atom. The van der Waals surface area contributed by atoms with Gasteiger partial charge in [0.1, 0.15) is 12.1 Å². The van der Waals surface area contributed by atoms with Gasteiger partial charge in [0.05, 0.1) is 17.1 Å². The lowest BCUT2D eigenvalue weighted by Gasteiger charge is -2.12. The molecule has 2 heterocycles. The third-order valence-corrected chi connectivity index (χ3v) is 3.20. The zero-order valence-electron chi connectivity index (χ0n) is 10.5. The number of fused-ring (bicyclic) bond motifs is 1. The van der Waals surface area contributed by atoms with Crippen molar-refractivity contribution >= 4 is 28.6 Å². The predicted octanol–water partition coefficient (Wildman–Crippen LogP) is 0.628. The smallest absolute Gasteiger partial charge is 0.335 e. The maximum Gasteiger partial charge on any atom is 0.335 e. The van der Waals surface area contributed by atoms with Crippen molar-refractivity contribution in [2.75, 3.05) is 11.9 Å². The highest BCUT2D eigenvalue weighted by Crippen LogP contribution is 2.22. The van der Waals surface area contributed by atoms with Gasteiger partial charge in [-0.1, -0.05) is 0 Å². The zero-order chi connectivity index (χ0) is 14.1. The van der Waals surface area contributed by atoms with E-state index in [1.165, 1.54) is 18.5 Å². The topological polar surface area (TPSA) is 104 Å². The molecule has 0 aliphatic carbocycles. The minimum absolute atomic E-state index is 0.00836. The number of carbonyl (C=O) groups excluding carboxylic acids is 1. The van der Waals surface area contributed by atoms with E-state index in [4.69, 9.17) is 5.11 Å². The molecule has 0 bridgehead atoms. The summed E-state index contributed by atoms with van der Waals surface area (Å²) in [5.41, 5.74) is 0.736. The Labute approximate surface area is 114 Å². The normalized spacial score (nSPS) is 18.0. The van der Waals surface area contributed by atoms with Crippen LogP contribution in [0.25, 0.3) is 10.9 Å². The van der Waals surface area contributed by atoms with E-state index < -0.39 is 5.97 Å². The second-order valence-corrected chi connectivity index (χ2v) is 4.61. The van der Waals surface area contributed by atoms with Gasteiger partial charge in [-0.3, -0.25) is 4.79 Å². The van der Waals surface area contributed by atoms with Crippen LogP contribution in [0.3, 0.4) is 0 Å². The molecule has 1 aliphatic heterocycles. The number of nitrogens with one attached hydrogen (secondary N) is 2. The minimum atomic E-state index is -0.995. The third kappa shape index (κ3) is 2.25. The van der Waals surface area contributed by atoms with Crippen LogP contribution in [0.2, 0.25) is 0 Å². The maximum atomic E-state index is 11.2. The molecule has 3 N–H and O–H groups in total. The van der Waals surface area contributed by atoms with Gasteiger partial charge in [-0.2, -0.15) is 0 Å². The highest BCUT2D eigenvalue weighted by molar-refractivity contribution is 5.96. The number of benzene rings is 1. The lowest BCUT2D eigenvalue weighted by Crippen LogP contribution is -2.23. The molecule has 1 fully saturated rings. The van der Waals surface area contributed by atoms with Crippen molar-refractivity contribution in [1.29, 1.82) is 0 Å². The minimum Gasteiger partial charge on any atom is -0.478 e. The van der Waals surface area contributed by atoms with Crippen molar-refractivity contribution in [2.24, 2.45) is 0 Å². The highest BCUT2D eigenvalue weighted by atomic mass is 16.4. The van der Waals surface area contributed by atoms with E-state index in [0.717, 1.165) is 5.39 Å². The summed E-state index contributed by atoms with van der Waals surface area (Å²) in [6, 6.07) is 4.67. The molecule has 102 valence electrons. The van der Waals surface area contributed by atoms with Crippen LogP contribution in [0.4, 0.5) is 5.82 Å². The monoisotopic (exact) mass is 272 g/mol. The first kappa shape index (κ1) is 12.3. The van der Waals surface area contributed by atoms with Crippen LogP contribution in [0.1, 0.15) is 16.8 Å². The molecule has 1 amide bonds. The zero-order valence-corrected chi connectivity index (χ0v) is 10.5. The van der Waals surface area contributed by atoms with Gasteiger partial charge in [-0.05, 0) is 18.2 Å². The number of anilines is 1. The number of amides is 1. The highest BCUT2D eigenvalue weighted by Gasteiger charge is 2.22. The van der Waals surface area contributed by atoms with Crippen molar-refractivity contribution in [3.8, 4) is 0 Å². The molecule has 1 unspecified atom stereocenters. The van der Waals surface area contributed by atoms with E-state index in [0.29, 0.717) is 24.3 Å². The van der Waals surface area contributed by atoms with E-state index >= 15 is 0 Å². The molecule has 1 aromatic carbocycles. The van der Waals surface area contributed by atoms with Crippen LogP contribution in [-0.2, 0) is 4.79 Å². The largest absolute Gasteiger partial charge is 0.478 e. The van der Waals surface area contributed by atoms with Crippen molar-refractivity contribution in [2.45, 2.75) is 12.5 Å². The molecule has 0 radical (unpaired) electrons. The molecule has 1 saturated heterocycles. The van der Waals surface area contributed by atoms with E-state index in [1.807, 2.05) is 0 Å². The number of nitrogens with zero attached hydrogens (tertiary/aromatic N) is 2. The fraction of sp³-hybridized carbons (Fsp3) is 0.231. The summed E-state index contributed by atoms with van der Waals surface area (Å²) in [4.78, 5) is 30.4. The van der Waals surface area contributed by atoms with Crippen LogP contribution in [0.15, 0.2) is 24.5 Å². The molecule has 3 rings (SSSR count). The van der Waals surface area contributed by atoms with Crippen molar-refractivity contribution in [3.05, 3.63) is 30.1 Å². The number of carbonyl (C=O) groups is 2. The lowest BCUT2D eigenvalue weighted by atomic mass is 10.1. The second-order valence-electron chi connectivity index (χ2n) is 4.61. The van der Waals surface area contributed by atoms with E-state index in [2.05, 4.69) is 20.6 Å². The summed E-state index contributed by atoms with van der Waals surface area (Å²) < 4.78 is 0. The van der Waals surface area contributed by atoms with E-state index in [1.54, 1.807) is 6.07 Å². The average Bonchev–Trinajstić information content (AvgIpc) is 2.84. The fourth-order valence-electron chi connectivity index (χ4n) is 2.21. The summed E-state index contributed by atoms with van der Waals surface area (Å²) >= 11 is 0. The number of hydrogen-bond acceptors (Lipinski definition) is 5. The third-order valence-electron chi connectivity index (χ3n) is 3.20. The number of carboxylic acids is 1. The summed E-state index contributed by atoms with van der Waals surface area (Å²) in [5.74, 6) is -0.381. The van der Waals surface area contributed by atoms with Crippen LogP contribution in [-0.4, -0.2) is 39.5 Å². The summed E-state index contributed by atoms with van der Waals surface area (Å²) in [6.45, 7) is 0.553. The first-order valence-corrected chi connectivity index (χ1v) is 6.15. The Balaban J connectivity index is 1.95. The predicted molar refractivity (Wildman–Crippen MR) is 71.5 cm³/mol. The molecule has 20 heavy (non-hydrogen) atoms. The van der Waals surface area contributed by atoms with Crippen LogP contribution < -0.4 is 10.6 Å². The quantitative estimate of drug-likeness (QED) is 0.757. The number of hydrogen-bond donors (Lipinski definition) is 3. The summed E-state index contributed by atoms with van der Waals surface area (Å²) in [6.07, 6.45) is 1.78.